The summed E-state index contributed by atoms with van der Waals surface area (Å²) in [4.78, 5) is 7.96. The Morgan fingerprint density at radius 3 is 2.56 bits per heavy atom. The Hall–Kier alpha value is -0.400. The van der Waals surface area contributed by atoms with Crippen molar-refractivity contribution in [3.63, 3.8) is 0 Å². The summed E-state index contributed by atoms with van der Waals surface area (Å²) in [5.41, 5.74) is 0.670. The average Bonchev–Trinajstić information content (AvgIpc) is 2.23. The summed E-state index contributed by atoms with van der Waals surface area (Å²) in [6.07, 6.45) is -2.85. The number of nitrogens with zero attached hydrogens (tertiary/aromatic N) is 2. The normalized spacial score (nSPS) is 11.9. The number of rotatable bonds is 5. The number of aryl methyl sites for hydroxylation is 1. The third-order valence-corrected chi connectivity index (χ3v) is 3.24. The lowest BCUT2D eigenvalue weighted by Gasteiger charge is -2.09. The maximum atomic E-state index is 11.9. The summed E-state index contributed by atoms with van der Waals surface area (Å²) >= 11 is 9.09. The number of hydrogen-bond donors (Lipinski definition) is 0. The van der Waals surface area contributed by atoms with E-state index in [0.29, 0.717) is 16.6 Å². The van der Waals surface area contributed by atoms with Gasteiger partial charge in [-0.15, -0.1) is 0 Å². The second kappa shape index (κ2) is 6.68. The summed E-state index contributed by atoms with van der Waals surface area (Å²) < 4.78 is 40.8. The average molecular weight is 348 g/mol. The van der Waals surface area contributed by atoms with Crippen LogP contribution in [-0.4, -0.2) is 22.8 Å². The van der Waals surface area contributed by atoms with Gasteiger partial charge in [-0.05, 0) is 22.4 Å². The van der Waals surface area contributed by atoms with E-state index in [2.05, 4.69) is 30.6 Å². The summed E-state index contributed by atoms with van der Waals surface area (Å²) in [5, 5.41) is 0.180. The molecule has 0 saturated carbocycles. The van der Waals surface area contributed by atoms with Crippen LogP contribution in [0.5, 0.6) is 0 Å². The quantitative estimate of drug-likeness (QED) is 0.757. The smallest absolute Gasteiger partial charge is 0.364 e. The van der Waals surface area contributed by atoms with Gasteiger partial charge < -0.3 is 4.74 Å². The molecule has 0 unspecified atom stereocenters. The van der Waals surface area contributed by atoms with Crippen molar-refractivity contribution in [2.75, 3.05) is 6.61 Å². The van der Waals surface area contributed by atoms with E-state index in [-0.39, 0.29) is 17.6 Å². The molecular formula is C10H11BrClF3N2O. The lowest BCUT2D eigenvalue weighted by Crippen LogP contribution is -2.17. The second-order valence-corrected chi connectivity index (χ2v) is 4.70. The molecule has 1 heterocycles. The molecule has 0 saturated heterocycles. The van der Waals surface area contributed by atoms with Crippen LogP contribution in [0.3, 0.4) is 0 Å². The van der Waals surface area contributed by atoms with Crippen LogP contribution in [0.4, 0.5) is 13.2 Å². The first kappa shape index (κ1) is 15.7. The van der Waals surface area contributed by atoms with Crippen LogP contribution in [-0.2, 0) is 17.8 Å². The SMILES string of the molecule is CCCc1nc(COCC(F)(F)F)nc(Cl)c1Br. The van der Waals surface area contributed by atoms with Crippen LogP contribution >= 0.6 is 27.5 Å². The van der Waals surface area contributed by atoms with Crippen molar-refractivity contribution in [1.29, 1.82) is 0 Å². The third kappa shape index (κ3) is 5.07. The molecular weight excluding hydrogens is 336 g/mol. The van der Waals surface area contributed by atoms with Gasteiger partial charge in [0, 0.05) is 0 Å². The molecule has 0 amide bonds. The Labute approximate surface area is 116 Å². The fourth-order valence-electron chi connectivity index (χ4n) is 1.24. The van der Waals surface area contributed by atoms with E-state index in [4.69, 9.17) is 11.6 Å². The van der Waals surface area contributed by atoms with Crippen LogP contribution in [0.1, 0.15) is 24.9 Å². The van der Waals surface area contributed by atoms with E-state index in [1.807, 2.05) is 6.92 Å². The van der Waals surface area contributed by atoms with Gasteiger partial charge in [-0.3, -0.25) is 0 Å². The largest absolute Gasteiger partial charge is 0.411 e. The van der Waals surface area contributed by atoms with E-state index >= 15 is 0 Å². The van der Waals surface area contributed by atoms with Crippen molar-refractivity contribution >= 4 is 27.5 Å². The molecule has 1 aromatic rings. The molecule has 0 aliphatic heterocycles. The van der Waals surface area contributed by atoms with Gasteiger partial charge in [0.25, 0.3) is 0 Å². The Morgan fingerprint density at radius 2 is 2.00 bits per heavy atom. The summed E-state index contributed by atoms with van der Waals surface area (Å²) in [5.74, 6) is 0.149. The molecule has 0 aliphatic rings. The lowest BCUT2D eigenvalue weighted by molar-refractivity contribution is -0.177. The van der Waals surface area contributed by atoms with Gasteiger partial charge in [0.1, 0.15) is 18.4 Å². The van der Waals surface area contributed by atoms with E-state index in [0.717, 1.165) is 6.42 Å². The standard InChI is InChI=1S/C10H11BrClF3N2O/c1-2-3-6-8(11)9(12)17-7(16-6)4-18-5-10(13,14)15/h2-5H2,1H3. The molecule has 0 aromatic carbocycles. The van der Waals surface area contributed by atoms with Crippen molar-refractivity contribution in [2.45, 2.75) is 32.5 Å². The summed E-state index contributed by atoms with van der Waals surface area (Å²) in [7, 11) is 0. The Balaban J connectivity index is 2.72. The van der Waals surface area contributed by atoms with Crippen molar-refractivity contribution < 1.29 is 17.9 Å². The molecule has 1 aromatic heterocycles. The number of alkyl halides is 3. The van der Waals surface area contributed by atoms with E-state index in [1.54, 1.807) is 0 Å². The van der Waals surface area contributed by atoms with Gasteiger partial charge in [0.2, 0.25) is 0 Å². The number of halogens is 5. The molecule has 0 aliphatic carbocycles. The maximum absolute atomic E-state index is 11.9. The zero-order valence-corrected chi connectivity index (χ0v) is 11.9. The van der Waals surface area contributed by atoms with Crippen molar-refractivity contribution in [3.8, 4) is 0 Å². The molecule has 1 rings (SSSR count). The van der Waals surface area contributed by atoms with Gasteiger partial charge in [-0.25, -0.2) is 9.97 Å². The molecule has 8 heteroatoms. The molecule has 0 bridgehead atoms. The minimum Gasteiger partial charge on any atom is -0.364 e. The van der Waals surface area contributed by atoms with Gasteiger partial charge in [-0.2, -0.15) is 13.2 Å². The fourth-order valence-corrected chi connectivity index (χ4v) is 1.82. The van der Waals surface area contributed by atoms with Crippen molar-refractivity contribution in [1.82, 2.24) is 9.97 Å². The summed E-state index contributed by atoms with van der Waals surface area (Å²) in [6, 6.07) is 0. The number of hydrogen-bond acceptors (Lipinski definition) is 3. The minimum atomic E-state index is -4.36. The zero-order chi connectivity index (χ0) is 13.8. The maximum Gasteiger partial charge on any atom is 0.411 e. The Morgan fingerprint density at radius 1 is 1.33 bits per heavy atom. The van der Waals surface area contributed by atoms with E-state index < -0.39 is 12.8 Å². The molecule has 0 radical (unpaired) electrons. The molecule has 102 valence electrons. The van der Waals surface area contributed by atoms with Crippen molar-refractivity contribution in [2.24, 2.45) is 0 Å². The van der Waals surface area contributed by atoms with Crippen molar-refractivity contribution in [3.05, 3.63) is 21.1 Å². The van der Waals surface area contributed by atoms with Crippen LogP contribution in [0.25, 0.3) is 0 Å². The molecule has 3 nitrogen and oxygen atoms in total. The third-order valence-electron chi connectivity index (χ3n) is 1.91. The summed E-state index contributed by atoms with van der Waals surface area (Å²) in [6.45, 7) is 0.318. The first-order valence-electron chi connectivity index (χ1n) is 5.18. The predicted octanol–water partition coefficient (Wildman–Crippen LogP) is 3.92. The Kier molecular flexibility index (Phi) is 5.81. The van der Waals surface area contributed by atoms with Gasteiger partial charge >= 0.3 is 6.18 Å². The highest BCUT2D eigenvalue weighted by Gasteiger charge is 2.27. The fraction of sp³-hybridized carbons (Fsp3) is 0.600. The lowest BCUT2D eigenvalue weighted by atomic mass is 10.2. The first-order valence-corrected chi connectivity index (χ1v) is 6.36. The van der Waals surface area contributed by atoms with Gasteiger partial charge in [0.05, 0.1) is 10.2 Å². The highest BCUT2D eigenvalue weighted by atomic mass is 79.9. The Bertz CT molecular complexity index is 415. The van der Waals surface area contributed by atoms with Crippen LogP contribution in [0, 0.1) is 0 Å². The highest BCUT2D eigenvalue weighted by molar-refractivity contribution is 9.10. The number of aromatic nitrogens is 2. The van der Waals surface area contributed by atoms with Crippen LogP contribution < -0.4 is 0 Å². The molecule has 0 N–H and O–H groups in total. The molecule has 18 heavy (non-hydrogen) atoms. The highest BCUT2D eigenvalue weighted by Crippen LogP contribution is 2.24. The monoisotopic (exact) mass is 346 g/mol. The topological polar surface area (TPSA) is 35.0 Å². The number of ether oxygens (including phenoxy) is 1. The molecule has 0 atom stereocenters. The zero-order valence-electron chi connectivity index (χ0n) is 9.52. The molecule has 0 spiro atoms. The molecule has 0 fully saturated rings. The first-order chi connectivity index (χ1) is 8.33. The van der Waals surface area contributed by atoms with Gasteiger partial charge in [0.15, 0.2) is 5.82 Å². The van der Waals surface area contributed by atoms with Crippen LogP contribution in [0.2, 0.25) is 5.15 Å². The predicted molar refractivity (Wildman–Crippen MR) is 64.4 cm³/mol. The van der Waals surface area contributed by atoms with Gasteiger partial charge in [-0.1, -0.05) is 24.9 Å². The van der Waals surface area contributed by atoms with E-state index in [9.17, 15) is 13.2 Å². The van der Waals surface area contributed by atoms with E-state index in [1.165, 1.54) is 0 Å². The van der Waals surface area contributed by atoms with Crippen LogP contribution in [0.15, 0.2) is 4.47 Å². The minimum absolute atomic E-state index is 0.149. The second-order valence-electron chi connectivity index (χ2n) is 3.55.